The van der Waals surface area contributed by atoms with E-state index in [1.54, 1.807) is 6.07 Å². The summed E-state index contributed by atoms with van der Waals surface area (Å²) in [4.78, 5) is 0. The van der Waals surface area contributed by atoms with Crippen molar-refractivity contribution in [2.24, 2.45) is 11.8 Å². The van der Waals surface area contributed by atoms with Gasteiger partial charge in [0.2, 0.25) is 0 Å². The van der Waals surface area contributed by atoms with E-state index in [2.05, 4.69) is 6.92 Å². The maximum atomic E-state index is 14.9. The molecule has 0 N–H and O–H groups in total. The van der Waals surface area contributed by atoms with E-state index in [1.165, 1.54) is 19.3 Å². The lowest BCUT2D eigenvalue weighted by Gasteiger charge is -2.29. The number of hydrogen-bond donors (Lipinski definition) is 0. The lowest BCUT2D eigenvalue weighted by Crippen LogP contribution is -2.15. The molecule has 2 aromatic rings. The van der Waals surface area contributed by atoms with E-state index in [-0.39, 0.29) is 5.92 Å². The molecule has 0 atom stereocenters. The summed E-state index contributed by atoms with van der Waals surface area (Å²) in [5.41, 5.74) is 1.58. The molecular weight excluding hydrogens is 366 g/mol. The lowest BCUT2D eigenvalue weighted by atomic mass is 9.76. The van der Waals surface area contributed by atoms with Crippen molar-refractivity contribution in [2.45, 2.75) is 70.6 Å². The molecule has 0 radical (unpaired) electrons. The van der Waals surface area contributed by atoms with Crippen LogP contribution in [0.1, 0.15) is 76.2 Å². The minimum Gasteiger partial charge on any atom is -0.494 e. The van der Waals surface area contributed by atoms with Crippen LogP contribution in [0, 0.1) is 23.5 Å². The third kappa shape index (κ3) is 4.99. The number of hydrogen-bond acceptors (Lipinski definition) is 1. The highest BCUT2D eigenvalue weighted by molar-refractivity contribution is 5.65. The van der Waals surface area contributed by atoms with Gasteiger partial charge in [0.25, 0.3) is 0 Å². The molecule has 2 aliphatic carbocycles. The third-order valence-electron chi connectivity index (χ3n) is 6.69. The van der Waals surface area contributed by atoms with E-state index in [0.717, 1.165) is 56.1 Å². The second-order valence-electron chi connectivity index (χ2n) is 8.95. The van der Waals surface area contributed by atoms with Gasteiger partial charge < -0.3 is 4.74 Å². The Morgan fingerprint density at radius 2 is 1.48 bits per heavy atom. The second kappa shape index (κ2) is 9.28. The van der Waals surface area contributed by atoms with Gasteiger partial charge in [-0.1, -0.05) is 50.5 Å². The van der Waals surface area contributed by atoms with Crippen molar-refractivity contribution >= 4 is 0 Å². The Morgan fingerprint density at radius 3 is 2.10 bits per heavy atom. The van der Waals surface area contributed by atoms with Crippen LogP contribution in [0.5, 0.6) is 5.75 Å². The fourth-order valence-corrected chi connectivity index (χ4v) is 4.70. The van der Waals surface area contributed by atoms with Gasteiger partial charge in [0.15, 0.2) is 11.6 Å². The minimum absolute atomic E-state index is 0.156. The maximum absolute atomic E-state index is 14.9. The number of halogens is 2. The highest BCUT2D eigenvalue weighted by Gasteiger charge is 2.30. The van der Waals surface area contributed by atoms with E-state index < -0.39 is 11.6 Å². The van der Waals surface area contributed by atoms with E-state index in [4.69, 9.17) is 4.74 Å². The van der Waals surface area contributed by atoms with Gasteiger partial charge in [-0.2, -0.15) is 0 Å². The summed E-state index contributed by atoms with van der Waals surface area (Å²) in [7, 11) is 0. The van der Waals surface area contributed by atoms with Crippen LogP contribution in [0.4, 0.5) is 8.78 Å². The predicted molar refractivity (Wildman–Crippen MR) is 114 cm³/mol. The molecule has 0 amide bonds. The highest BCUT2D eigenvalue weighted by atomic mass is 19.2. The molecule has 3 heteroatoms. The molecule has 0 saturated heterocycles. The number of ether oxygens (including phenoxy) is 1. The molecule has 0 aliphatic heterocycles. The van der Waals surface area contributed by atoms with Crippen molar-refractivity contribution in [2.75, 3.05) is 6.61 Å². The Labute approximate surface area is 173 Å². The minimum atomic E-state index is -0.720. The maximum Gasteiger partial charge on any atom is 0.166 e. The molecule has 2 saturated carbocycles. The monoisotopic (exact) mass is 398 g/mol. The van der Waals surface area contributed by atoms with Crippen molar-refractivity contribution in [1.82, 2.24) is 0 Å². The number of unbranched alkanes of at least 4 members (excludes halogenated alkanes) is 1. The molecule has 0 spiro atoms. The summed E-state index contributed by atoms with van der Waals surface area (Å²) in [6, 6.07) is 10.8. The molecule has 156 valence electrons. The van der Waals surface area contributed by atoms with Gasteiger partial charge in [0.05, 0.1) is 6.61 Å². The average Bonchev–Trinajstić information content (AvgIpc) is 3.56. The first-order valence-corrected chi connectivity index (χ1v) is 11.4. The van der Waals surface area contributed by atoms with Crippen molar-refractivity contribution < 1.29 is 13.5 Å². The summed E-state index contributed by atoms with van der Waals surface area (Å²) in [5.74, 6) is 1.29. The Bertz CT molecular complexity index is 802. The summed E-state index contributed by atoms with van der Waals surface area (Å²) in [5, 5.41) is 0. The fraction of sp³-hybridized carbons (Fsp3) is 0.538. The first kappa shape index (κ1) is 20.4. The van der Waals surface area contributed by atoms with Gasteiger partial charge in [-0.15, -0.1) is 0 Å². The Kier molecular flexibility index (Phi) is 6.52. The van der Waals surface area contributed by atoms with E-state index in [0.29, 0.717) is 23.3 Å². The molecule has 1 nitrogen and oxygen atoms in total. The summed E-state index contributed by atoms with van der Waals surface area (Å²) < 4.78 is 35.5. The van der Waals surface area contributed by atoms with Crippen LogP contribution < -0.4 is 4.74 Å². The average molecular weight is 399 g/mol. The lowest BCUT2D eigenvalue weighted by molar-refractivity contribution is 0.294. The van der Waals surface area contributed by atoms with Crippen LogP contribution in [0.3, 0.4) is 0 Å². The fourth-order valence-electron chi connectivity index (χ4n) is 4.70. The number of benzene rings is 2. The molecule has 4 rings (SSSR count). The molecule has 0 aromatic heterocycles. The molecule has 2 aliphatic rings. The van der Waals surface area contributed by atoms with Crippen LogP contribution in [0.2, 0.25) is 0 Å². The normalized spacial score (nSPS) is 21.9. The van der Waals surface area contributed by atoms with Crippen LogP contribution in [-0.4, -0.2) is 6.61 Å². The van der Waals surface area contributed by atoms with Gasteiger partial charge in [-0.25, -0.2) is 8.78 Å². The molecule has 0 unspecified atom stereocenters. The molecule has 2 fully saturated rings. The topological polar surface area (TPSA) is 9.23 Å². The summed E-state index contributed by atoms with van der Waals surface area (Å²) in [6.45, 7) is 2.80. The van der Waals surface area contributed by atoms with Crippen LogP contribution in [0.15, 0.2) is 36.4 Å². The Morgan fingerprint density at radius 1 is 0.828 bits per heavy atom. The molecule has 2 aromatic carbocycles. The number of rotatable bonds is 8. The predicted octanol–water partition coefficient (Wildman–Crippen LogP) is 7.88. The van der Waals surface area contributed by atoms with Crippen molar-refractivity contribution in [3.63, 3.8) is 0 Å². The summed E-state index contributed by atoms with van der Waals surface area (Å²) >= 11 is 0. The van der Waals surface area contributed by atoms with Crippen molar-refractivity contribution in [3.05, 3.63) is 53.6 Å². The van der Waals surface area contributed by atoms with Crippen LogP contribution >= 0.6 is 0 Å². The van der Waals surface area contributed by atoms with Crippen LogP contribution in [0.25, 0.3) is 11.1 Å². The second-order valence-corrected chi connectivity index (χ2v) is 8.95. The zero-order chi connectivity index (χ0) is 20.2. The Balaban J connectivity index is 1.43. The standard InChI is InChI=1S/C26H32F2O/c1-2-3-16-29-22-12-10-21(11-13-22)24-15-14-23(25(27)26(24)28)20-8-6-19(7-9-20)17-18-4-5-18/h10-15,18-20H,2-9,16-17H2,1H3. The smallest absolute Gasteiger partial charge is 0.166 e. The third-order valence-corrected chi connectivity index (χ3v) is 6.69. The van der Waals surface area contributed by atoms with Gasteiger partial charge in [0.1, 0.15) is 5.75 Å². The van der Waals surface area contributed by atoms with Crippen molar-refractivity contribution in [3.8, 4) is 16.9 Å². The largest absolute Gasteiger partial charge is 0.494 e. The molecule has 29 heavy (non-hydrogen) atoms. The molecule has 0 heterocycles. The first-order valence-electron chi connectivity index (χ1n) is 11.4. The van der Waals surface area contributed by atoms with Gasteiger partial charge in [0, 0.05) is 5.56 Å². The van der Waals surface area contributed by atoms with Gasteiger partial charge >= 0.3 is 0 Å². The molecule has 0 bridgehead atoms. The Hall–Kier alpha value is -1.90. The zero-order valence-electron chi connectivity index (χ0n) is 17.4. The van der Waals surface area contributed by atoms with Gasteiger partial charge in [-0.05, 0) is 79.5 Å². The summed E-state index contributed by atoms with van der Waals surface area (Å²) in [6.07, 6.45) is 10.5. The van der Waals surface area contributed by atoms with Crippen LogP contribution in [-0.2, 0) is 0 Å². The van der Waals surface area contributed by atoms with E-state index in [9.17, 15) is 8.78 Å². The highest BCUT2D eigenvalue weighted by Crippen LogP contribution is 2.44. The van der Waals surface area contributed by atoms with E-state index in [1.807, 2.05) is 30.3 Å². The van der Waals surface area contributed by atoms with Gasteiger partial charge in [-0.3, -0.25) is 0 Å². The molecular formula is C26H32F2O. The SMILES string of the molecule is CCCCOc1ccc(-c2ccc(C3CCC(CC4CC4)CC3)c(F)c2F)cc1. The quantitative estimate of drug-likeness (QED) is 0.411. The van der Waals surface area contributed by atoms with Crippen molar-refractivity contribution in [1.29, 1.82) is 0 Å². The van der Waals surface area contributed by atoms with E-state index >= 15 is 0 Å². The zero-order valence-corrected chi connectivity index (χ0v) is 17.4. The first-order chi connectivity index (χ1) is 14.2.